The van der Waals surface area contributed by atoms with E-state index in [2.05, 4.69) is 9.44 Å². The molecule has 2 aromatic rings. The van der Waals surface area contributed by atoms with E-state index in [4.69, 9.17) is 11.6 Å². The van der Waals surface area contributed by atoms with Gasteiger partial charge in [0.1, 0.15) is 0 Å². The molecule has 0 amide bonds. The monoisotopic (exact) mass is 405 g/mol. The van der Waals surface area contributed by atoms with Crippen molar-refractivity contribution in [3.8, 4) is 0 Å². The number of nitro groups is 1. The van der Waals surface area contributed by atoms with Crippen molar-refractivity contribution < 1.29 is 21.8 Å². The largest absolute Gasteiger partial charge is 0.282 e. The summed E-state index contributed by atoms with van der Waals surface area (Å²) in [5.41, 5.74) is -0.0388. The van der Waals surface area contributed by atoms with Gasteiger partial charge in [0.05, 0.1) is 32.5 Å². The molecule has 0 fully saturated rings. The predicted molar refractivity (Wildman–Crippen MR) is 93.8 cm³/mol. The minimum atomic E-state index is -3.99. The first-order valence-corrected chi connectivity index (χ1v) is 10.3. The van der Waals surface area contributed by atoms with E-state index >= 15 is 0 Å². The molecule has 0 unspecified atom stereocenters. The predicted octanol–water partition coefficient (Wildman–Crippen LogP) is 2.42. The summed E-state index contributed by atoms with van der Waals surface area (Å²) in [5, 5.41) is 10.6. The second-order valence-corrected chi connectivity index (χ2v) is 8.76. The molecule has 2 rings (SSSR count). The van der Waals surface area contributed by atoms with Crippen LogP contribution in [0.4, 0.5) is 17.1 Å². The quantitative estimate of drug-likeness (QED) is 0.559. The summed E-state index contributed by atoms with van der Waals surface area (Å²) < 4.78 is 51.4. The normalized spacial score (nSPS) is 11.8. The first-order valence-electron chi connectivity index (χ1n) is 6.52. The molecule has 2 N–H and O–H groups in total. The Morgan fingerprint density at radius 1 is 1.00 bits per heavy atom. The summed E-state index contributed by atoms with van der Waals surface area (Å²) >= 11 is 5.93. The van der Waals surface area contributed by atoms with Crippen LogP contribution in [0.2, 0.25) is 5.02 Å². The standard InChI is InChI=1S/C13H12ClN3O6S2/c1-24(20,21)16-13-7-2-9(8-12(13)14)15-25(22,23)11-5-3-10(4-6-11)17(18)19/h2-8,15-16H,1H3. The molecule has 9 nitrogen and oxygen atoms in total. The van der Waals surface area contributed by atoms with Gasteiger partial charge in [0, 0.05) is 12.1 Å². The first kappa shape index (κ1) is 19.0. The molecule has 12 heteroatoms. The summed E-state index contributed by atoms with van der Waals surface area (Å²) in [6.07, 6.45) is 0.953. The molecule has 25 heavy (non-hydrogen) atoms. The van der Waals surface area contributed by atoms with Crippen LogP contribution in [0.3, 0.4) is 0 Å². The van der Waals surface area contributed by atoms with Crippen molar-refractivity contribution in [1.29, 1.82) is 0 Å². The number of rotatable bonds is 6. The Hall–Kier alpha value is -2.37. The SMILES string of the molecule is CS(=O)(=O)Nc1ccc(NS(=O)(=O)c2ccc([N+](=O)[O-])cc2)cc1Cl. The summed E-state index contributed by atoms with van der Waals surface area (Å²) in [4.78, 5) is 9.78. The molecule has 0 atom stereocenters. The summed E-state index contributed by atoms with van der Waals surface area (Å²) in [5.74, 6) is 0. The van der Waals surface area contributed by atoms with Gasteiger partial charge in [-0.15, -0.1) is 0 Å². The van der Waals surface area contributed by atoms with Crippen molar-refractivity contribution in [2.75, 3.05) is 15.7 Å². The van der Waals surface area contributed by atoms with Crippen molar-refractivity contribution in [3.63, 3.8) is 0 Å². The van der Waals surface area contributed by atoms with Crippen LogP contribution in [-0.4, -0.2) is 28.0 Å². The molecule has 0 radical (unpaired) electrons. The number of benzene rings is 2. The lowest BCUT2D eigenvalue weighted by atomic mass is 10.3. The molecule has 0 aromatic heterocycles. The number of hydrogen-bond acceptors (Lipinski definition) is 6. The van der Waals surface area contributed by atoms with E-state index in [0.29, 0.717) is 0 Å². The zero-order valence-corrected chi connectivity index (χ0v) is 15.0. The Balaban J connectivity index is 2.25. The van der Waals surface area contributed by atoms with Gasteiger partial charge in [-0.3, -0.25) is 19.6 Å². The lowest BCUT2D eigenvalue weighted by Gasteiger charge is -2.11. The zero-order valence-electron chi connectivity index (χ0n) is 12.6. The molecule has 0 spiro atoms. The third-order valence-electron chi connectivity index (χ3n) is 2.87. The molecule has 0 heterocycles. The maximum absolute atomic E-state index is 12.3. The van der Waals surface area contributed by atoms with Gasteiger partial charge in [0.2, 0.25) is 10.0 Å². The first-order chi connectivity index (χ1) is 11.5. The zero-order chi connectivity index (χ0) is 18.8. The number of halogens is 1. The highest BCUT2D eigenvalue weighted by molar-refractivity contribution is 7.92. The summed E-state index contributed by atoms with van der Waals surface area (Å²) in [6.45, 7) is 0. The fraction of sp³-hybridized carbons (Fsp3) is 0.0769. The number of hydrogen-bond donors (Lipinski definition) is 2. The van der Waals surface area contributed by atoms with E-state index in [1.54, 1.807) is 0 Å². The van der Waals surface area contributed by atoms with E-state index in [1.807, 2.05) is 0 Å². The van der Waals surface area contributed by atoms with Crippen LogP contribution in [-0.2, 0) is 20.0 Å². The van der Waals surface area contributed by atoms with Crippen molar-refractivity contribution in [3.05, 3.63) is 57.6 Å². The minimum absolute atomic E-state index is 0.00526. The fourth-order valence-electron chi connectivity index (χ4n) is 1.82. The van der Waals surface area contributed by atoms with Crippen LogP contribution in [0.5, 0.6) is 0 Å². The van der Waals surface area contributed by atoms with Gasteiger partial charge in [-0.1, -0.05) is 11.6 Å². The topological polar surface area (TPSA) is 135 Å². The molecular formula is C13H12ClN3O6S2. The van der Waals surface area contributed by atoms with E-state index in [0.717, 1.165) is 30.5 Å². The van der Waals surface area contributed by atoms with Gasteiger partial charge in [0.25, 0.3) is 15.7 Å². The van der Waals surface area contributed by atoms with Crippen LogP contribution in [0, 0.1) is 10.1 Å². The van der Waals surface area contributed by atoms with Crippen molar-refractivity contribution in [2.45, 2.75) is 4.90 Å². The number of nitrogens with zero attached hydrogens (tertiary/aromatic N) is 1. The second-order valence-electron chi connectivity index (χ2n) is 4.93. The average Bonchev–Trinajstić information content (AvgIpc) is 2.48. The Morgan fingerprint density at radius 2 is 1.60 bits per heavy atom. The van der Waals surface area contributed by atoms with Crippen molar-refractivity contribution >= 4 is 48.7 Å². The smallest absolute Gasteiger partial charge is 0.269 e. The van der Waals surface area contributed by atoms with Crippen molar-refractivity contribution in [1.82, 2.24) is 0 Å². The third-order valence-corrected chi connectivity index (χ3v) is 5.18. The molecule has 2 aromatic carbocycles. The summed E-state index contributed by atoms with van der Waals surface area (Å²) in [7, 11) is -7.52. The number of non-ortho nitro benzene ring substituents is 1. The second kappa shape index (κ2) is 6.86. The highest BCUT2D eigenvalue weighted by Gasteiger charge is 2.17. The maximum atomic E-state index is 12.3. The molecule has 0 aliphatic heterocycles. The van der Waals surface area contributed by atoms with Gasteiger partial charge in [0.15, 0.2) is 0 Å². The number of anilines is 2. The Bertz CT molecular complexity index is 1020. The van der Waals surface area contributed by atoms with E-state index in [9.17, 15) is 26.9 Å². The lowest BCUT2D eigenvalue weighted by Crippen LogP contribution is -2.13. The molecule has 0 bridgehead atoms. The van der Waals surface area contributed by atoms with Gasteiger partial charge < -0.3 is 0 Å². The molecule has 0 aliphatic rings. The number of nitro benzene ring substituents is 1. The van der Waals surface area contributed by atoms with Crippen LogP contribution in [0.1, 0.15) is 0 Å². The molecule has 0 aliphatic carbocycles. The molecular weight excluding hydrogens is 394 g/mol. The van der Waals surface area contributed by atoms with E-state index in [-0.39, 0.29) is 27.0 Å². The highest BCUT2D eigenvalue weighted by Crippen LogP contribution is 2.27. The van der Waals surface area contributed by atoms with Gasteiger partial charge >= 0.3 is 0 Å². The van der Waals surface area contributed by atoms with Crippen LogP contribution < -0.4 is 9.44 Å². The maximum Gasteiger partial charge on any atom is 0.269 e. The van der Waals surface area contributed by atoms with E-state index < -0.39 is 25.0 Å². The third kappa shape index (κ3) is 5.05. The Labute approximate surface area is 148 Å². The number of nitrogens with one attached hydrogen (secondary N) is 2. The van der Waals surface area contributed by atoms with Crippen molar-refractivity contribution in [2.24, 2.45) is 0 Å². The highest BCUT2D eigenvalue weighted by atomic mass is 35.5. The molecule has 0 saturated carbocycles. The van der Waals surface area contributed by atoms with Gasteiger partial charge in [-0.2, -0.15) is 0 Å². The minimum Gasteiger partial charge on any atom is -0.282 e. The molecule has 134 valence electrons. The van der Waals surface area contributed by atoms with Crippen LogP contribution in [0.25, 0.3) is 0 Å². The van der Waals surface area contributed by atoms with Gasteiger partial charge in [-0.25, -0.2) is 16.8 Å². The fourth-order valence-corrected chi connectivity index (χ4v) is 3.73. The summed E-state index contributed by atoms with van der Waals surface area (Å²) in [6, 6.07) is 8.20. The number of sulfonamides is 2. The van der Waals surface area contributed by atoms with Gasteiger partial charge in [-0.05, 0) is 30.3 Å². The van der Waals surface area contributed by atoms with E-state index in [1.165, 1.54) is 18.2 Å². The molecule has 0 saturated heterocycles. The Morgan fingerprint density at radius 3 is 2.08 bits per heavy atom. The van der Waals surface area contributed by atoms with Crippen LogP contribution in [0.15, 0.2) is 47.4 Å². The van der Waals surface area contributed by atoms with Crippen LogP contribution >= 0.6 is 11.6 Å². The average molecular weight is 406 g/mol. The Kier molecular flexibility index (Phi) is 5.20. The lowest BCUT2D eigenvalue weighted by molar-refractivity contribution is -0.384.